The van der Waals surface area contributed by atoms with Crippen LogP contribution in [0.15, 0.2) is 18.2 Å². The Balaban J connectivity index is 1.70. The molecule has 0 radical (unpaired) electrons. The maximum Gasteiger partial charge on any atom is 0.265 e. The lowest BCUT2D eigenvalue weighted by atomic mass is 10.1. The SMILES string of the molecule is CCC1CCC(Nc2ccc3c(c2)NC(=O)C(C)O3)C1. The number of benzene rings is 1. The summed E-state index contributed by atoms with van der Waals surface area (Å²) in [6.45, 7) is 4.02. The maximum atomic E-state index is 11.6. The van der Waals surface area contributed by atoms with Crippen LogP contribution in [0.25, 0.3) is 0 Å². The first-order valence-corrected chi connectivity index (χ1v) is 7.54. The molecule has 1 aromatic rings. The van der Waals surface area contributed by atoms with Gasteiger partial charge >= 0.3 is 0 Å². The normalized spacial score (nSPS) is 28.5. The molecule has 4 nitrogen and oxygen atoms in total. The minimum absolute atomic E-state index is 0.0819. The highest BCUT2D eigenvalue weighted by Crippen LogP contribution is 2.34. The number of ether oxygens (including phenoxy) is 1. The van der Waals surface area contributed by atoms with Crippen LogP contribution in [-0.4, -0.2) is 18.1 Å². The number of hydrogen-bond acceptors (Lipinski definition) is 3. The van der Waals surface area contributed by atoms with Gasteiger partial charge in [0.15, 0.2) is 6.10 Å². The first-order valence-electron chi connectivity index (χ1n) is 7.54. The van der Waals surface area contributed by atoms with Crippen LogP contribution in [-0.2, 0) is 4.79 Å². The van der Waals surface area contributed by atoms with Crippen LogP contribution in [0, 0.1) is 5.92 Å². The van der Waals surface area contributed by atoms with Crippen molar-refractivity contribution >= 4 is 17.3 Å². The molecule has 3 unspecified atom stereocenters. The number of nitrogens with one attached hydrogen (secondary N) is 2. The summed E-state index contributed by atoms with van der Waals surface area (Å²) in [7, 11) is 0. The lowest BCUT2D eigenvalue weighted by Crippen LogP contribution is -2.34. The summed E-state index contributed by atoms with van der Waals surface area (Å²) in [6, 6.07) is 6.48. The fourth-order valence-electron chi connectivity index (χ4n) is 3.11. The molecule has 1 aromatic carbocycles. The van der Waals surface area contributed by atoms with E-state index in [2.05, 4.69) is 17.6 Å². The van der Waals surface area contributed by atoms with Crippen LogP contribution in [0.4, 0.5) is 11.4 Å². The Bertz CT molecular complexity index is 515. The second-order valence-corrected chi connectivity index (χ2v) is 5.89. The molecule has 2 N–H and O–H groups in total. The van der Waals surface area contributed by atoms with Crippen LogP contribution in [0.2, 0.25) is 0 Å². The molecule has 3 rings (SSSR count). The third-order valence-electron chi connectivity index (χ3n) is 4.40. The standard InChI is InChI=1S/C16H22N2O2/c1-3-11-4-5-12(8-11)17-13-6-7-15-14(9-13)18-16(19)10(2)20-15/h6-7,9-12,17H,3-5,8H2,1-2H3,(H,18,19). The molecule has 1 fully saturated rings. The van der Waals surface area contributed by atoms with Crippen molar-refractivity contribution in [1.29, 1.82) is 0 Å². The molecule has 20 heavy (non-hydrogen) atoms. The highest BCUT2D eigenvalue weighted by Gasteiger charge is 2.25. The Morgan fingerprint density at radius 3 is 3.00 bits per heavy atom. The largest absolute Gasteiger partial charge is 0.479 e. The number of carbonyl (C=O) groups is 1. The zero-order chi connectivity index (χ0) is 14.1. The number of fused-ring (bicyclic) bond motifs is 1. The number of hydrogen-bond donors (Lipinski definition) is 2. The summed E-state index contributed by atoms with van der Waals surface area (Å²) in [4.78, 5) is 11.6. The van der Waals surface area contributed by atoms with Crippen molar-refractivity contribution in [3.05, 3.63) is 18.2 Å². The second kappa shape index (κ2) is 5.35. The predicted molar refractivity (Wildman–Crippen MR) is 80.2 cm³/mol. The molecule has 1 saturated carbocycles. The Hall–Kier alpha value is -1.71. The summed E-state index contributed by atoms with van der Waals surface area (Å²) in [5.74, 6) is 1.52. The van der Waals surface area contributed by atoms with E-state index >= 15 is 0 Å². The molecular weight excluding hydrogens is 252 g/mol. The zero-order valence-electron chi connectivity index (χ0n) is 12.1. The molecule has 1 aliphatic carbocycles. The van der Waals surface area contributed by atoms with Crippen LogP contribution < -0.4 is 15.4 Å². The second-order valence-electron chi connectivity index (χ2n) is 5.89. The number of anilines is 2. The van der Waals surface area contributed by atoms with E-state index in [4.69, 9.17) is 4.74 Å². The third kappa shape index (κ3) is 2.60. The molecule has 1 amide bonds. The summed E-state index contributed by atoms with van der Waals surface area (Å²) in [5, 5.41) is 6.47. The molecule has 2 aliphatic rings. The van der Waals surface area contributed by atoms with Crippen molar-refractivity contribution in [2.24, 2.45) is 5.92 Å². The molecule has 4 heteroatoms. The van der Waals surface area contributed by atoms with Gasteiger partial charge in [-0.25, -0.2) is 0 Å². The number of amides is 1. The minimum atomic E-state index is -0.415. The summed E-state index contributed by atoms with van der Waals surface area (Å²) >= 11 is 0. The van der Waals surface area contributed by atoms with E-state index in [1.807, 2.05) is 18.2 Å². The predicted octanol–water partition coefficient (Wildman–Crippen LogP) is 3.40. The highest BCUT2D eigenvalue weighted by atomic mass is 16.5. The first-order chi connectivity index (χ1) is 9.65. The molecule has 3 atom stereocenters. The highest BCUT2D eigenvalue weighted by molar-refractivity contribution is 5.98. The fourth-order valence-corrected chi connectivity index (χ4v) is 3.11. The lowest BCUT2D eigenvalue weighted by Gasteiger charge is -2.24. The van der Waals surface area contributed by atoms with Gasteiger partial charge in [-0.15, -0.1) is 0 Å². The zero-order valence-corrected chi connectivity index (χ0v) is 12.1. The molecule has 0 saturated heterocycles. The molecular formula is C16H22N2O2. The van der Waals surface area contributed by atoms with Crippen molar-refractivity contribution in [1.82, 2.24) is 0 Å². The minimum Gasteiger partial charge on any atom is -0.479 e. The first kappa shape index (κ1) is 13.3. The number of rotatable bonds is 3. The van der Waals surface area contributed by atoms with Gasteiger partial charge in [-0.2, -0.15) is 0 Å². The Morgan fingerprint density at radius 2 is 2.25 bits per heavy atom. The summed E-state index contributed by atoms with van der Waals surface area (Å²) < 4.78 is 5.56. The van der Waals surface area contributed by atoms with Gasteiger partial charge in [0, 0.05) is 11.7 Å². The molecule has 0 bridgehead atoms. The third-order valence-corrected chi connectivity index (χ3v) is 4.40. The Morgan fingerprint density at radius 1 is 1.40 bits per heavy atom. The average molecular weight is 274 g/mol. The molecule has 0 aromatic heterocycles. The van der Waals surface area contributed by atoms with Crippen LogP contribution in [0.1, 0.15) is 39.5 Å². The van der Waals surface area contributed by atoms with Gasteiger partial charge < -0.3 is 15.4 Å². The molecule has 0 spiro atoms. The Kier molecular flexibility index (Phi) is 3.55. The van der Waals surface area contributed by atoms with Crippen molar-refractivity contribution in [3.8, 4) is 5.75 Å². The maximum absolute atomic E-state index is 11.6. The van der Waals surface area contributed by atoms with E-state index in [-0.39, 0.29) is 5.91 Å². The molecule has 108 valence electrons. The topological polar surface area (TPSA) is 50.4 Å². The van der Waals surface area contributed by atoms with Gasteiger partial charge in [0.2, 0.25) is 0 Å². The van der Waals surface area contributed by atoms with Gasteiger partial charge in [-0.1, -0.05) is 13.3 Å². The molecule has 1 heterocycles. The van der Waals surface area contributed by atoms with Gasteiger partial charge in [0.1, 0.15) is 5.75 Å². The van der Waals surface area contributed by atoms with E-state index in [0.29, 0.717) is 6.04 Å². The van der Waals surface area contributed by atoms with E-state index in [1.165, 1.54) is 25.7 Å². The summed E-state index contributed by atoms with van der Waals surface area (Å²) in [6.07, 6.45) is 4.64. The van der Waals surface area contributed by atoms with Gasteiger partial charge in [-0.3, -0.25) is 4.79 Å². The smallest absolute Gasteiger partial charge is 0.265 e. The van der Waals surface area contributed by atoms with Crippen LogP contribution >= 0.6 is 0 Å². The van der Waals surface area contributed by atoms with E-state index in [1.54, 1.807) is 6.92 Å². The van der Waals surface area contributed by atoms with Gasteiger partial charge in [-0.05, 0) is 50.3 Å². The fraction of sp³-hybridized carbons (Fsp3) is 0.562. The van der Waals surface area contributed by atoms with Crippen molar-refractivity contribution in [3.63, 3.8) is 0 Å². The molecule has 1 aliphatic heterocycles. The van der Waals surface area contributed by atoms with E-state index in [9.17, 15) is 4.79 Å². The van der Waals surface area contributed by atoms with Crippen molar-refractivity contribution in [2.75, 3.05) is 10.6 Å². The van der Waals surface area contributed by atoms with Gasteiger partial charge in [0.25, 0.3) is 5.91 Å². The summed E-state index contributed by atoms with van der Waals surface area (Å²) in [5.41, 5.74) is 1.83. The van der Waals surface area contributed by atoms with Crippen molar-refractivity contribution in [2.45, 2.75) is 51.7 Å². The monoisotopic (exact) mass is 274 g/mol. The van der Waals surface area contributed by atoms with Crippen LogP contribution in [0.3, 0.4) is 0 Å². The number of carbonyl (C=O) groups excluding carboxylic acids is 1. The van der Waals surface area contributed by atoms with Crippen molar-refractivity contribution < 1.29 is 9.53 Å². The van der Waals surface area contributed by atoms with Crippen LogP contribution in [0.5, 0.6) is 5.75 Å². The van der Waals surface area contributed by atoms with E-state index in [0.717, 1.165) is 23.0 Å². The Labute approximate surface area is 119 Å². The van der Waals surface area contributed by atoms with Gasteiger partial charge in [0.05, 0.1) is 5.69 Å². The quantitative estimate of drug-likeness (QED) is 0.888. The lowest BCUT2D eigenvalue weighted by molar-refractivity contribution is -0.122. The average Bonchev–Trinajstić information content (AvgIpc) is 2.88. The van der Waals surface area contributed by atoms with E-state index < -0.39 is 6.10 Å².